The zero-order valence-corrected chi connectivity index (χ0v) is 16.4. The molecule has 0 bridgehead atoms. The second-order valence-corrected chi connectivity index (χ2v) is 6.32. The molecule has 2 rings (SSSR count). The number of carbonyl (C=O) groups excluding carboxylic acids is 2. The summed E-state index contributed by atoms with van der Waals surface area (Å²) in [5.74, 6) is -2.37. The summed E-state index contributed by atoms with van der Waals surface area (Å²) in [7, 11) is 0. The van der Waals surface area contributed by atoms with Gasteiger partial charge in [-0.1, -0.05) is 0 Å². The number of hydrogen-bond donors (Lipinski definition) is 0. The number of carbonyl (C=O) groups is 2. The third kappa shape index (κ3) is 6.23. The highest BCUT2D eigenvalue weighted by molar-refractivity contribution is 5.92. The summed E-state index contributed by atoms with van der Waals surface area (Å²) in [5.41, 5.74) is -3.87. The molecule has 0 spiro atoms. The molecule has 0 aliphatic heterocycles. The van der Waals surface area contributed by atoms with E-state index >= 15 is 0 Å². The van der Waals surface area contributed by atoms with E-state index in [2.05, 4.69) is 0 Å². The average Bonchev–Trinajstić information content (AvgIpc) is 2.76. The summed E-state index contributed by atoms with van der Waals surface area (Å²) in [6, 6.07) is 4.34. The number of rotatable bonds is 9. The summed E-state index contributed by atoms with van der Waals surface area (Å²) in [4.78, 5) is 64.2. The molecule has 0 saturated heterocycles. The maximum absolute atomic E-state index is 12.2. The number of nitrogens with zero attached hydrogens (tertiary/aromatic N) is 4. The van der Waals surface area contributed by atoms with Crippen molar-refractivity contribution >= 4 is 34.7 Å². The normalized spacial score (nSPS) is 11.2. The molecule has 0 aliphatic rings. The van der Waals surface area contributed by atoms with Crippen LogP contribution in [-0.4, -0.2) is 44.3 Å². The van der Waals surface area contributed by atoms with Crippen molar-refractivity contribution in [1.29, 1.82) is 0 Å². The van der Waals surface area contributed by atoms with Crippen LogP contribution in [0, 0.1) is 40.5 Å². The number of ether oxygens (including phenoxy) is 2. The van der Waals surface area contributed by atoms with E-state index in [-0.39, 0.29) is 0 Å². The molecule has 0 aromatic heterocycles. The summed E-state index contributed by atoms with van der Waals surface area (Å²) in [6.45, 7) is 0.658. The van der Waals surface area contributed by atoms with Crippen LogP contribution in [0.2, 0.25) is 0 Å². The Bertz CT molecular complexity index is 1110. The molecule has 2 aromatic carbocycles. The van der Waals surface area contributed by atoms with Crippen LogP contribution in [0.15, 0.2) is 36.4 Å². The fourth-order valence-corrected chi connectivity index (χ4v) is 2.41. The van der Waals surface area contributed by atoms with E-state index in [1.165, 1.54) is 6.92 Å². The van der Waals surface area contributed by atoms with E-state index in [1.807, 2.05) is 0 Å². The van der Waals surface area contributed by atoms with Gasteiger partial charge in [-0.05, 0) is 6.92 Å². The molecule has 16 heteroatoms. The summed E-state index contributed by atoms with van der Waals surface area (Å²) in [6.07, 6.45) is -1.16. The highest BCUT2D eigenvalue weighted by Gasteiger charge is 2.24. The summed E-state index contributed by atoms with van der Waals surface area (Å²) < 4.78 is 9.78. The Morgan fingerprint density at radius 3 is 1.36 bits per heavy atom. The van der Waals surface area contributed by atoms with Crippen molar-refractivity contribution in [2.24, 2.45) is 0 Å². The van der Waals surface area contributed by atoms with Gasteiger partial charge in [0.1, 0.15) is 12.7 Å². The number of non-ortho nitro benzene ring substituents is 4. The second-order valence-electron chi connectivity index (χ2n) is 6.32. The van der Waals surface area contributed by atoms with Gasteiger partial charge in [0, 0.05) is 24.3 Å². The first-order chi connectivity index (χ1) is 15.4. The molecule has 16 nitrogen and oxygen atoms in total. The van der Waals surface area contributed by atoms with Crippen LogP contribution in [0.5, 0.6) is 0 Å². The summed E-state index contributed by atoms with van der Waals surface area (Å²) >= 11 is 0. The molecule has 172 valence electrons. The van der Waals surface area contributed by atoms with Crippen LogP contribution >= 0.6 is 0 Å². The van der Waals surface area contributed by atoms with Crippen molar-refractivity contribution in [3.8, 4) is 0 Å². The first-order valence-electron chi connectivity index (χ1n) is 8.65. The largest absolute Gasteiger partial charge is 0.458 e. The van der Waals surface area contributed by atoms with Gasteiger partial charge in [0.05, 0.1) is 43.0 Å². The molecule has 0 heterocycles. The lowest BCUT2D eigenvalue weighted by molar-refractivity contribution is -0.394. The predicted octanol–water partition coefficient (Wildman–Crippen LogP) is 2.72. The quantitative estimate of drug-likeness (QED) is 0.296. The Labute approximate surface area is 181 Å². The Balaban J connectivity index is 2.11. The second kappa shape index (κ2) is 9.86. The minimum absolute atomic E-state index is 0.497. The third-order valence-corrected chi connectivity index (χ3v) is 3.88. The van der Waals surface area contributed by atoms with Gasteiger partial charge in [0.15, 0.2) is 0 Å². The molecule has 0 unspecified atom stereocenters. The molecule has 0 fully saturated rings. The number of nitro groups is 4. The number of nitro benzene ring substituents is 4. The lowest BCUT2D eigenvalue weighted by atomic mass is 10.1. The Morgan fingerprint density at radius 1 is 0.697 bits per heavy atom. The van der Waals surface area contributed by atoms with Crippen LogP contribution in [0.25, 0.3) is 0 Å². The van der Waals surface area contributed by atoms with E-state index in [0.717, 1.165) is 24.3 Å². The van der Waals surface area contributed by atoms with Gasteiger partial charge in [-0.2, -0.15) is 0 Å². The fraction of sp³-hybridized carbons (Fsp3) is 0.176. The predicted molar refractivity (Wildman–Crippen MR) is 105 cm³/mol. The molecule has 1 atom stereocenters. The van der Waals surface area contributed by atoms with Crippen LogP contribution in [-0.2, 0) is 9.47 Å². The number of benzene rings is 2. The smallest absolute Gasteiger partial charge is 0.339 e. The van der Waals surface area contributed by atoms with Gasteiger partial charge in [-0.15, -0.1) is 0 Å². The highest BCUT2D eigenvalue weighted by atomic mass is 16.6. The van der Waals surface area contributed by atoms with Gasteiger partial charge in [-0.25, -0.2) is 9.59 Å². The maximum Gasteiger partial charge on any atom is 0.339 e. The minimum atomic E-state index is -1.18. The molecular weight excluding hydrogens is 452 g/mol. The van der Waals surface area contributed by atoms with E-state index < -0.39 is 78.2 Å². The topological polar surface area (TPSA) is 225 Å². The first-order valence-corrected chi connectivity index (χ1v) is 8.65. The monoisotopic (exact) mass is 464 g/mol. The minimum Gasteiger partial charge on any atom is -0.458 e. The molecule has 33 heavy (non-hydrogen) atoms. The molecule has 0 amide bonds. The molecule has 0 aliphatic carbocycles. The van der Waals surface area contributed by atoms with Crippen molar-refractivity contribution < 1.29 is 38.8 Å². The van der Waals surface area contributed by atoms with Gasteiger partial charge in [0.25, 0.3) is 22.7 Å². The zero-order chi connectivity index (χ0) is 24.9. The van der Waals surface area contributed by atoms with Gasteiger partial charge < -0.3 is 9.47 Å². The van der Waals surface area contributed by atoms with Crippen molar-refractivity contribution in [3.05, 3.63) is 88.0 Å². The Morgan fingerprint density at radius 2 is 1.03 bits per heavy atom. The Hall–Kier alpha value is -5.02. The lowest BCUT2D eigenvalue weighted by Gasteiger charge is -2.13. The van der Waals surface area contributed by atoms with Crippen LogP contribution in [0.4, 0.5) is 22.7 Å². The fourth-order valence-electron chi connectivity index (χ4n) is 2.41. The Kier molecular flexibility index (Phi) is 7.24. The van der Waals surface area contributed by atoms with E-state index in [9.17, 15) is 50.0 Å². The molecule has 0 radical (unpaired) electrons. The van der Waals surface area contributed by atoms with E-state index in [4.69, 9.17) is 9.47 Å². The van der Waals surface area contributed by atoms with Crippen molar-refractivity contribution in [1.82, 2.24) is 0 Å². The molecule has 0 saturated carbocycles. The highest BCUT2D eigenvalue weighted by Crippen LogP contribution is 2.24. The molecule has 2 aromatic rings. The summed E-state index contributed by atoms with van der Waals surface area (Å²) in [5, 5.41) is 43.6. The van der Waals surface area contributed by atoms with Crippen molar-refractivity contribution in [2.75, 3.05) is 6.61 Å². The first kappa shape index (κ1) is 24.3. The molecular formula is C17H12N4O12. The zero-order valence-electron chi connectivity index (χ0n) is 16.4. The van der Waals surface area contributed by atoms with Gasteiger partial charge in [-0.3, -0.25) is 40.5 Å². The maximum atomic E-state index is 12.2. The van der Waals surface area contributed by atoms with E-state index in [0.29, 0.717) is 12.1 Å². The van der Waals surface area contributed by atoms with Crippen molar-refractivity contribution in [3.63, 3.8) is 0 Å². The van der Waals surface area contributed by atoms with E-state index in [1.54, 1.807) is 0 Å². The standard InChI is InChI=1S/C17H12N4O12/c1-9(33-17(23)11-4-14(20(28)29)7-15(5-11)21(30)31)8-32-16(22)10-2-12(18(24)25)6-13(3-10)19(26)27/h2-7,9H,8H2,1H3/t9-/m0/s1. The van der Waals surface area contributed by atoms with Crippen LogP contribution in [0.3, 0.4) is 0 Å². The SMILES string of the molecule is C[C@@H](COC(=O)c1cc([N+](=O)[O-])cc([N+](=O)[O-])c1)OC(=O)c1cc([N+](=O)[O-])cc([N+](=O)[O-])c1. The van der Waals surface area contributed by atoms with Gasteiger partial charge >= 0.3 is 11.9 Å². The lowest BCUT2D eigenvalue weighted by Crippen LogP contribution is -2.22. The third-order valence-electron chi connectivity index (χ3n) is 3.88. The van der Waals surface area contributed by atoms with Crippen LogP contribution in [0.1, 0.15) is 27.6 Å². The van der Waals surface area contributed by atoms with Crippen molar-refractivity contribution in [2.45, 2.75) is 13.0 Å². The number of esters is 2. The average molecular weight is 464 g/mol. The van der Waals surface area contributed by atoms with Crippen LogP contribution < -0.4 is 0 Å². The molecule has 0 N–H and O–H groups in total. The van der Waals surface area contributed by atoms with Gasteiger partial charge in [0.2, 0.25) is 0 Å². The number of hydrogen-bond acceptors (Lipinski definition) is 12.